The molecule has 2 fully saturated rings. The molecule has 3 N–H and O–H groups in total. The Hall–Kier alpha value is -2.93. The van der Waals surface area contributed by atoms with E-state index in [1.54, 1.807) is 0 Å². The Bertz CT molecular complexity index is 1140. The monoisotopic (exact) mass is 457 g/mol. The molecule has 2 saturated heterocycles. The van der Waals surface area contributed by atoms with E-state index in [0.717, 1.165) is 16.6 Å². The Morgan fingerprint density at radius 1 is 1.42 bits per heavy atom. The summed E-state index contributed by atoms with van der Waals surface area (Å²) in [5.74, 6) is -2.98. The largest absolute Gasteiger partial charge is 0.377 e. The number of carbonyl (C=O) groups excluding carboxylic acids is 1. The van der Waals surface area contributed by atoms with Gasteiger partial charge in [-0.15, -0.1) is 0 Å². The summed E-state index contributed by atoms with van der Waals surface area (Å²) in [7, 11) is -2.82. The first-order valence-electron chi connectivity index (χ1n) is 9.16. The number of ether oxygens (including phenoxy) is 1. The Morgan fingerprint density at radius 2 is 2.16 bits per heavy atom. The van der Waals surface area contributed by atoms with Crippen molar-refractivity contribution in [3.8, 4) is 0 Å². The van der Waals surface area contributed by atoms with Gasteiger partial charge in [-0.25, -0.2) is 30.9 Å². The highest BCUT2D eigenvalue weighted by Gasteiger charge is 2.59. The topological polar surface area (TPSA) is 124 Å². The van der Waals surface area contributed by atoms with Crippen molar-refractivity contribution in [2.45, 2.75) is 23.4 Å². The minimum atomic E-state index is -4.02. The molecule has 0 saturated carbocycles. The highest BCUT2D eigenvalue weighted by atomic mass is 32.2. The second-order valence-corrected chi connectivity index (χ2v) is 9.52. The number of amides is 1. The number of nitrogens with zero attached hydrogens (tertiary/aromatic N) is 2. The molecule has 9 nitrogen and oxygen atoms in total. The van der Waals surface area contributed by atoms with Gasteiger partial charge in [0.2, 0.25) is 16.0 Å². The first-order chi connectivity index (χ1) is 14.6. The molecule has 31 heavy (non-hydrogen) atoms. The number of alkyl halides is 1. The van der Waals surface area contributed by atoms with Crippen molar-refractivity contribution in [1.29, 1.82) is 5.41 Å². The van der Waals surface area contributed by atoms with Crippen LogP contribution in [0.2, 0.25) is 0 Å². The summed E-state index contributed by atoms with van der Waals surface area (Å²) in [6.45, 7) is -0.452. The number of allylic oxidation sites excluding steroid dienone is 1. The minimum Gasteiger partial charge on any atom is -0.377 e. The van der Waals surface area contributed by atoms with Crippen LogP contribution in [0.25, 0.3) is 0 Å². The third-order valence-corrected chi connectivity index (χ3v) is 7.70. The van der Waals surface area contributed by atoms with Gasteiger partial charge in [0.25, 0.3) is 5.91 Å². The van der Waals surface area contributed by atoms with Gasteiger partial charge in [-0.3, -0.25) is 10.2 Å². The molecular formula is C18H18F3N5O4S. The molecule has 0 aliphatic carbocycles. The lowest BCUT2D eigenvalue weighted by Gasteiger charge is -2.43. The van der Waals surface area contributed by atoms with E-state index in [4.69, 9.17) is 10.1 Å². The van der Waals surface area contributed by atoms with Crippen LogP contribution in [0.15, 0.2) is 35.2 Å². The van der Waals surface area contributed by atoms with Crippen molar-refractivity contribution in [3.05, 3.63) is 41.6 Å². The maximum absolute atomic E-state index is 14.8. The second-order valence-electron chi connectivity index (χ2n) is 7.37. The molecule has 0 spiro atoms. The zero-order valence-corrected chi connectivity index (χ0v) is 17.0. The summed E-state index contributed by atoms with van der Waals surface area (Å²) >= 11 is 0. The van der Waals surface area contributed by atoms with Gasteiger partial charge in [0.1, 0.15) is 28.1 Å². The summed E-state index contributed by atoms with van der Waals surface area (Å²) in [6, 6.07) is 3.42. The first-order valence-corrected chi connectivity index (χ1v) is 10.7. The quantitative estimate of drug-likeness (QED) is 0.628. The summed E-state index contributed by atoms with van der Waals surface area (Å²) in [5, 5.41) is 11.9. The predicted octanol–water partition coefficient (Wildman–Crippen LogP) is 1.15. The Labute approximate surface area is 175 Å². The van der Waals surface area contributed by atoms with Crippen LogP contribution >= 0.6 is 0 Å². The average molecular weight is 457 g/mol. The number of benzene rings is 1. The molecule has 166 valence electrons. The van der Waals surface area contributed by atoms with E-state index in [-0.39, 0.29) is 24.5 Å². The number of sulfonamides is 1. The van der Waals surface area contributed by atoms with Gasteiger partial charge >= 0.3 is 0 Å². The first kappa shape index (κ1) is 21.3. The summed E-state index contributed by atoms with van der Waals surface area (Å²) in [6.07, 6.45) is -1.79. The van der Waals surface area contributed by atoms with Crippen LogP contribution in [-0.2, 0) is 25.1 Å². The molecule has 3 atom stereocenters. The van der Waals surface area contributed by atoms with Crippen molar-refractivity contribution in [2.24, 2.45) is 4.99 Å². The third-order valence-electron chi connectivity index (χ3n) is 5.50. The molecule has 1 aromatic rings. The van der Waals surface area contributed by atoms with Gasteiger partial charge in [0.15, 0.2) is 6.17 Å². The number of halogens is 3. The van der Waals surface area contributed by atoms with E-state index in [2.05, 4.69) is 15.6 Å². The van der Waals surface area contributed by atoms with Gasteiger partial charge in [-0.05, 0) is 18.2 Å². The second kappa shape index (κ2) is 7.34. The minimum absolute atomic E-state index is 0.0380. The van der Waals surface area contributed by atoms with Crippen LogP contribution in [0.5, 0.6) is 0 Å². The van der Waals surface area contributed by atoms with Gasteiger partial charge in [-0.2, -0.15) is 0 Å². The molecule has 13 heteroatoms. The molecule has 0 aromatic heterocycles. The predicted molar refractivity (Wildman–Crippen MR) is 105 cm³/mol. The number of guanidine groups is 1. The summed E-state index contributed by atoms with van der Waals surface area (Å²) in [4.78, 5) is 15.9. The van der Waals surface area contributed by atoms with Crippen LogP contribution < -0.4 is 10.6 Å². The number of nitrogens with one attached hydrogen (secondary N) is 3. The molecule has 1 aromatic carbocycles. The van der Waals surface area contributed by atoms with Gasteiger partial charge in [0.05, 0.1) is 19.4 Å². The molecule has 3 aliphatic heterocycles. The Balaban J connectivity index is 1.70. The molecule has 4 rings (SSSR count). The maximum atomic E-state index is 14.8. The number of fused-ring (bicyclic) bond motifs is 1. The summed E-state index contributed by atoms with van der Waals surface area (Å²) < 4.78 is 73.6. The van der Waals surface area contributed by atoms with E-state index in [9.17, 15) is 26.4 Å². The number of anilines is 1. The van der Waals surface area contributed by atoms with Crippen LogP contribution in [0.1, 0.15) is 12.0 Å². The van der Waals surface area contributed by atoms with E-state index in [1.807, 2.05) is 0 Å². The molecule has 3 heterocycles. The highest BCUT2D eigenvalue weighted by molar-refractivity contribution is 7.90. The standard InChI is InChI=1S/C18H18F3N5O4S/c1-26-17(22)25-18(8-30-7-14(18)31(26,28)29)11-5-10(2-3-12(11)20)24-16(27)15-13(21)4-9(19)6-23-15/h2-3,5-6,13-14H,4,7-8H2,1H3,(H2,22,25)(H,24,27)/t13?,14?,18-/m1/s1. The summed E-state index contributed by atoms with van der Waals surface area (Å²) in [5.41, 5.74) is -2.22. The number of aliphatic imine (C=N–C) groups is 1. The fourth-order valence-electron chi connectivity index (χ4n) is 3.83. The lowest BCUT2D eigenvalue weighted by Crippen LogP contribution is -2.67. The van der Waals surface area contributed by atoms with Crippen molar-refractivity contribution < 1.29 is 31.1 Å². The lowest BCUT2D eigenvalue weighted by atomic mass is 9.87. The SMILES string of the molecule is CN1C(=N)N[C@@]2(c3cc(NC(=O)C4=NC=C(F)CC4F)ccc3F)COCC2S1(=O)=O. The lowest BCUT2D eigenvalue weighted by molar-refractivity contribution is -0.110. The molecule has 3 aliphatic rings. The number of rotatable bonds is 3. The van der Waals surface area contributed by atoms with Crippen molar-refractivity contribution in [2.75, 3.05) is 25.6 Å². The molecule has 0 radical (unpaired) electrons. The van der Waals surface area contributed by atoms with E-state index >= 15 is 0 Å². The Morgan fingerprint density at radius 3 is 2.87 bits per heavy atom. The fourth-order valence-corrected chi connectivity index (χ4v) is 5.54. The van der Waals surface area contributed by atoms with E-state index in [1.165, 1.54) is 19.2 Å². The molecule has 0 bridgehead atoms. The van der Waals surface area contributed by atoms with E-state index < -0.39 is 62.6 Å². The van der Waals surface area contributed by atoms with E-state index in [0.29, 0.717) is 0 Å². The van der Waals surface area contributed by atoms with Crippen molar-refractivity contribution in [3.63, 3.8) is 0 Å². The zero-order valence-electron chi connectivity index (χ0n) is 16.2. The van der Waals surface area contributed by atoms with Crippen LogP contribution in [-0.4, -0.2) is 62.0 Å². The van der Waals surface area contributed by atoms with Crippen LogP contribution in [0.4, 0.5) is 18.9 Å². The zero-order chi connectivity index (χ0) is 22.6. The highest BCUT2D eigenvalue weighted by Crippen LogP contribution is 2.41. The normalized spacial score (nSPS) is 29.5. The van der Waals surface area contributed by atoms with Crippen molar-refractivity contribution >= 4 is 33.3 Å². The maximum Gasteiger partial charge on any atom is 0.273 e. The van der Waals surface area contributed by atoms with Crippen LogP contribution in [0.3, 0.4) is 0 Å². The van der Waals surface area contributed by atoms with Gasteiger partial charge in [-0.1, -0.05) is 0 Å². The number of carbonyl (C=O) groups is 1. The smallest absolute Gasteiger partial charge is 0.273 e. The number of hydrogen-bond donors (Lipinski definition) is 3. The number of hydrogen-bond acceptors (Lipinski definition) is 6. The van der Waals surface area contributed by atoms with Crippen molar-refractivity contribution in [1.82, 2.24) is 9.62 Å². The Kier molecular flexibility index (Phi) is 5.04. The van der Waals surface area contributed by atoms with Gasteiger partial charge < -0.3 is 15.4 Å². The molecular weight excluding hydrogens is 439 g/mol. The van der Waals surface area contributed by atoms with Gasteiger partial charge in [0, 0.05) is 24.7 Å². The third kappa shape index (κ3) is 3.37. The fraction of sp³-hybridized carbons (Fsp3) is 0.389. The van der Waals surface area contributed by atoms with Crippen LogP contribution in [0, 0.1) is 11.2 Å². The molecule has 1 amide bonds. The molecule has 2 unspecified atom stereocenters. The average Bonchev–Trinajstić information content (AvgIpc) is 3.13.